The third-order valence-electron chi connectivity index (χ3n) is 8.38. The highest BCUT2D eigenvalue weighted by Crippen LogP contribution is 2.43. The molecule has 0 saturated carbocycles. The highest BCUT2D eigenvalue weighted by molar-refractivity contribution is 5.97. The van der Waals surface area contributed by atoms with Gasteiger partial charge in [0.15, 0.2) is 5.82 Å². The number of amides is 1. The summed E-state index contributed by atoms with van der Waals surface area (Å²) in [5.74, 6) is 0.588. The maximum absolute atomic E-state index is 12.1. The van der Waals surface area contributed by atoms with Gasteiger partial charge in [-0.15, -0.1) is 0 Å². The summed E-state index contributed by atoms with van der Waals surface area (Å²) in [5, 5.41) is 12.5. The summed E-state index contributed by atoms with van der Waals surface area (Å²) in [7, 11) is 2.12. The lowest BCUT2D eigenvalue weighted by Crippen LogP contribution is -2.59. The lowest BCUT2D eigenvalue weighted by Gasteiger charge is -2.47. The maximum Gasteiger partial charge on any atom is 0.319 e. The second-order valence-electron chi connectivity index (χ2n) is 10.8. The van der Waals surface area contributed by atoms with Crippen molar-refractivity contribution in [3.8, 4) is 23.3 Å². The van der Waals surface area contributed by atoms with Crippen molar-refractivity contribution in [1.82, 2.24) is 19.8 Å². The summed E-state index contributed by atoms with van der Waals surface area (Å²) < 4.78 is 6.23. The van der Waals surface area contributed by atoms with Crippen molar-refractivity contribution in [2.45, 2.75) is 25.3 Å². The molecule has 8 nitrogen and oxygen atoms in total. The van der Waals surface area contributed by atoms with Crippen molar-refractivity contribution in [2.24, 2.45) is 5.41 Å². The van der Waals surface area contributed by atoms with Gasteiger partial charge in [0.25, 0.3) is 0 Å². The van der Waals surface area contributed by atoms with E-state index in [4.69, 9.17) is 14.7 Å². The summed E-state index contributed by atoms with van der Waals surface area (Å²) >= 11 is 0. The van der Waals surface area contributed by atoms with Gasteiger partial charge in [0.2, 0.25) is 5.91 Å². The van der Waals surface area contributed by atoms with E-state index in [2.05, 4.69) is 47.7 Å². The van der Waals surface area contributed by atoms with Crippen molar-refractivity contribution >= 4 is 22.5 Å². The van der Waals surface area contributed by atoms with Crippen LogP contribution in [0.15, 0.2) is 55.1 Å². The molecule has 1 spiro atoms. The van der Waals surface area contributed by atoms with Crippen molar-refractivity contribution < 1.29 is 9.53 Å². The van der Waals surface area contributed by atoms with Gasteiger partial charge in [-0.05, 0) is 49.7 Å². The average Bonchev–Trinajstić information content (AvgIpc) is 3.56. The van der Waals surface area contributed by atoms with E-state index in [1.54, 1.807) is 0 Å². The Morgan fingerprint density at radius 3 is 2.76 bits per heavy atom. The summed E-state index contributed by atoms with van der Waals surface area (Å²) in [6.45, 7) is 8.10. The maximum atomic E-state index is 12.1. The monoisotopic (exact) mass is 508 g/mol. The molecule has 0 aliphatic carbocycles. The van der Waals surface area contributed by atoms with Crippen molar-refractivity contribution in [3.05, 3.63) is 60.7 Å². The van der Waals surface area contributed by atoms with E-state index in [-0.39, 0.29) is 11.3 Å². The van der Waals surface area contributed by atoms with Gasteiger partial charge < -0.3 is 19.4 Å². The molecule has 3 saturated heterocycles. The van der Waals surface area contributed by atoms with Crippen LogP contribution in [0.2, 0.25) is 0 Å². The Balaban J connectivity index is 1.38. The zero-order valence-electron chi connectivity index (χ0n) is 21.8. The molecule has 1 atom stereocenters. The molecule has 3 aliphatic rings. The van der Waals surface area contributed by atoms with Crippen LogP contribution in [-0.4, -0.2) is 78.1 Å². The molecular formula is C30H32N6O2. The Hall–Kier alpha value is -3.96. The van der Waals surface area contributed by atoms with Gasteiger partial charge in [-0.25, -0.2) is 0 Å². The minimum atomic E-state index is -0.0281. The molecular weight excluding hydrogens is 476 g/mol. The van der Waals surface area contributed by atoms with Crippen molar-refractivity contribution in [2.75, 3.05) is 51.3 Å². The number of hydrogen-bond donors (Lipinski definition) is 0. The van der Waals surface area contributed by atoms with E-state index < -0.39 is 0 Å². The van der Waals surface area contributed by atoms with Crippen LogP contribution in [0.4, 0.5) is 5.82 Å². The molecule has 1 amide bonds. The zero-order chi connectivity index (χ0) is 26.3. The molecule has 38 heavy (non-hydrogen) atoms. The molecule has 3 aromatic rings. The fourth-order valence-corrected chi connectivity index (χ4v) is 6.24. The second-order valence-corrected chi connectivity index (χ2v) is 10.8. The molecule has 2 aromatic carbocycles. The molecule has 0 unspecified atom stereocenters. The van der Waals surface area contributed by atoms with E-state index in [0.717, 1.165) is 55.2 Å². The standard InChI is InChI=1S/C30H32N6O2/c1-3-26(37)36-19-30(20-36)13-15-35(18-30)28-25(16-31)27(24-12-6-9-21-8-4-5-11-23(21)24)32-29(33-28)38-17-22-10-7-14-34(22)2/h3-6,8-9,11-12,22H,1,7,10,13-15,17-20H2,2H3/t22-/m0/s1. The number of fused-ring (bicyclic) bond motifs is 1. The van der Waals surface area contributed by atoms with Gasteiger partial charge in [0, 0.05) is 43.2 Å². The van der Waals surface area contributed by atoms with Crippen LogP contribution in [0, 0.1) is 16.7 Å². The number of anilines is 1. The number of rotatable bonds is 6. The minimum absolute atomic E-state index is 0.0174. The van der Waals surface area contributed by atoms with E-state index in [0.29, 0.717) is 48.8 Å². The Bertz CT molecular complexity index is 1440. The fraction of sp³-hybridized carbons (Fsp3) is 0.400. The molecule has 3 aliphatic heterocycles. The summed E-state index contributed by atoms with van der Waals surface area (Å²) in [6.07, 6.45) is 4.56. The number of hydrogen-bond acceptors (Lipinski definition) is 7. The van der Waals surface area contributed by atoms with Crippen LogP contribution in [-0.2, 0) is 4.79 Å². The molecule has 3 fully saturated rings. The van der Waals surface area contributed by atoms with Gasteiger partial charge in [0.05, 0.1) is 5.69 Å². The molecule has 8 heteroatoms. The lowest BCUT2D eigenvalue weighted by molar-refractivity contribution is -0.136. The average molecular weight is 509 g/mol. The zero-order valence-corrected chi connectivity index (χ0v) is 21.8. The van der Waals surface area contributed by atoms with Crippen LogP contribution in [0.5, 0.6) is 6.01 Å². The Labute approximate surface area is 223 Å². The van der Waals surface area contributed by atoms with Gasteiger partial charge in [0.1, 0.15) is 18.2 Å². The number of carbonyl (C=O) groups excluding carboxylic acids is 1. The number of benzene rings is 2. The predicted molar refractivity (Wildman–Crippen MR) is 147 cm³/mol. The van der Waals surface area contributed by atoms with Gasteiger partial charge in [-0.1, -0.05) is 49.0 Å². The summed E-state index contributed by atoms with van der Waals surface area (Å²) in [6, 6.07) is 17.3. The second kappa shape index (κ2) is 9.73. The highest BCUT2D eigenvalue weighted by atomic mass is 16.5. The van der Waals surface area contributed by atoms with Crippen LogP contribution >= 0.6 is 0 Å². The number of ether oxygens (including phenoxy) is 1. The van der Waals surface area contributed by atoms with E-state index in [9.17, 15) is 10.1 Å². The number of nitriles is 1. The van der Waals surface area contributed by atoms with Gasteiger partial charge in [-0.2, -0.15) is 15.2 Å². The number of aromatic nitrogens is 2. The first-order chi connectivity index (χ1) is 18.5. The largest absolute Gasteiger partial charge is 0.462 e. The lowest BCUT2D eigenvalue weighted by atomic mass is 9.79. The van der Waals surface area contributed by atoms with Crippen molar-refractivity contribution in [3.63, 3.8) is 0 Å². The third-order valence-corrected chi connectivity index (χ3v) is 8.38. The fourth-order valence-electron chi connectivity index (χ4n) is 6.24. The minimum Gasteiger partial charge on any atom is -0.462 e. The van der Waals surface area contributed by atoms with Gasteiger partial charge in [-0.3, -0.25) is 4.79 Å². The highest BCUT2D eigenvalue weighted by Gasteiger charge is 2.49. The first kappa shape index (κ1) is 24.4. The van der Waals surface area contributed by atoms with E-state index >= 15 is 0 Å². The van der Waals surface area contributed by atoms with Crippen LogP contribution in [0.1, 0.15) is 24.8 Å². The van der Waals surface area contributed by atoms with Crippen molar-refractivity contribution in [1.29, 1.82) is 5.26 Å². The number of likely N-dealkylation sites (N-methyl/N-ethyl adjacent to an activating group) is 1. The van der Waals surface area contributed by atoms with Crippen LogP contribution < -0.4 is 9.64 Å². The van der Waals surface area contributed by atoms with Crippen LogP contribution in [0.3, 0.4) is 0 Å². The molecule has 194 valence electrons. The van der Waals surface area contributed by atoms with Crippen LogP contribution in [0.25, 0.3) is 22.0 Å². The van der Waals surface area contributed by atoms with E-state index in [1.165, 1.54) is 6.08 Å². The first-order valence-corrected chi connectivity index (χ1v) is 13.3. The normalized spacial score (nSPS) is 20.5. The molecule has 6 rings (SSSR count). The molecule has 1 aromatic heterocycles. The summed E-state index contributed by atoms with van der Waals surface area (Å²) in [4.78, 5) is 28.0. The van der Waals surface area contributed by atoms with E-state index in [1.807, 2.05) is 29.2 Å². The quantitative estimate of drug-likeness (QED) is 0.467. The number of likely N-dealkylation sites (tertiary alicyclic amines) is 2. The molecule has 0 N–H and O–H groups in total. The smallest absolute Gasteiger partial charge is 0.319 e. The molecule has 0 radical (unpaired) electrons. The first-order valence-electron chi connectivity index (χ1n) is 13.3. The topological polar surface area (TPSA) is 85.6 Å². The Morgan fingerprint density at radius 1 is 1.18 bits per heavy atom. The third kappa shape index (κ3) is 4.27. The number of nitrogens with zero attached hydrogens (tertiary/aromatic N) is 6. The summed E-state index contributed by atoms with van der Waals surface area (Å²) in [5.41, 5.74) is 1.97. The Kier molecular flexibility index (Phi) is 6.24. The number of carbonyl (C=O) groups is 1. The SMILES string of the molecule is C=CC(=O)N1CC2(CCN(c3nc(OC[C@@H]4CCCN4C)nc(-c4cccc5ccccc45)c3C#N)C2)C1. The van der Waals surface area contributed by atoms with Gasteiger partial charge >= 0.3 is 6.01 Å². The Morgan fingerprint density at radius 2 is 2.00 bits per heavy atom. The predicted octanol–water partition coefficient (Wildman–Crippen LogP) is 3.87. The molecule has 0 bridgehead atoms. The molecule has 4 heterocycles.